The summed E-state index contributed by atoms with van der Waals surface area (Å²) < 4.78 is 2.61. The third-order valence-electron chi connectivity index (χ3n) is 21.8. The first-order valence-electron chi connectivity index (χ1n) is 40.0. The number of unbranched alkanes of at least 4 members (excludes halogenated alkanes) is 33. The Hall–Kier alpha value is -4.46. The van der Waals surface area contributed by atoms with Crippen LogP contribution in [0.3, 0.4) is 0 Å². The van der Waals surface area contributed by atoms with Gasteiger partial charge in [0.2, 0.25) is 0 Å². The number of carbonyl (C=O) groups is 2. The number of hydrogen-bond donors (Lipinski definition) is 0. The summed E-state index contributed by atoms with van der Waals surface area (Å²) in [7, 11) is 0. The molecule has 0 bridgehead atoms. The van der Waals surface area contributed by atoms with Gasteiger partial charge >= 0.3 is 0 Å². The Labute approximate surface area is 581 Å². The number of fused-ring (bicyclic) bond motifs is 5. The van der Waals surface area contributed by atoms with Gasteiger partial charge in [0.15, 0.2) is 0 Å². The van der Waals surface area contributed by atoms with Crippen LogP contribution in [-0.4, -0.2) is 29.5 Å². The zero-order valence-electron chi connectivity index (χ0n) is 60.9. The summed E-state index contributed by atoms with van der Waals surface area (Å²) in [4.78, 5) is 40.8. The highest BCUT2D eigenvalue weighted by Gasteiger charge is 2.38. The molecule has 2 amide bonds. The lowest BCUT2D eigenvalue weighted by Crippen LogP contribution is -2.35. The topological polar surface area (TPSA) is 45.6 Å². The van der Waals surface area contributed by atoms with Crippen LogP contribution >= 0.6 is 22.7 Å². The van der Waals surface area contributed by atoms with Gasteiger partial charge < -0.3 is 14.4 Å². The van der Waals surface area contributed by atoms with Crippen molar-refractivity contribution < 1.29 is 9.59 Å². The third kappa shape index (κ3) is 22.3. The Morgan fingerprint density at radius 1 is 0.340 bits per heavy atom. The van der Waals surface area contributed by atoms with Crippen molar-refractivity contribution in [1.82, 2.24) is 4.57 Å². The van der Waals surface area contributed by atoms with Gasteiger partial charge in [-0.1, -0.05) is 322 Å². The number of amides is 2. The normalized spacial score (nSPS) is 14.2. The Morgan fingerprint density at radius 2 is 0.713 bits per heavy atom. The van der Waals surface area contributed by atoms with E-state index in [0.717, 1.165) is 88.0 Å². The summed E-state index contributed by atoms with van der Waals surface area (Å²) in [5, 5.41) is 4.69. The monoisotopic (exact) mass is 1310 g/mol. The van der Waals surface area contributed by atoms with Gasteiger partial charge in [0.25, 0.3) is 11.8 Å². The third-order valence-corrected chi connectivity index (χ3v) is 23.9. The fourth-order valence-electron chi connectivity index (χ4n) is 15.9. The zero-order chi connectivity index (χ0) is 66.1. The van der Waals surface area contributed by atoms with E-state index in [1.807, 2.05) is 0 Å². The van der Waals surface area contributed by atoms with E-state index in [-0.39, 0.29) is 11.8 Å². The van der Waals surface area contributed by atoms with Gasteiger partial charge in [-0.05, 0) is 111 Å². The summed E-state index contributed by atoms with van der Waals surface area (Å²) in [5.74, 6) is 1.76. The van der Waals surface area contributed by atoms with E-state index < -0.39 is 0 Å². The molecule has 0 aliphatic carbocycles. The predicted octanol–water partition coefficient (Wildman–Crippen LogP) is 26.1. The fraction of sp³-hybridized carbons (Fsp3) is 0.655. The standard InChI is InChI=1S/C87H131N3O2S2/c1-8-14-19-23-27-31-33-37-41-45-52-70(50-43-39-35-29-25-21-16-10-3)66-89-79-64-76-80(63-75(79)84(86(89)91)82-59-56-68(7)93-82)90(67-71(51-44-40-36-30-26-22-17-11-4)53-46-42-38-34-32-28-24-20-15-9-2)87(92)85(76)83-61-60-81(94-83)72-57-58-74-73-54-47-48-55-77(73)88(78(74)62-72)65-69(13-6)49-18-12-5/h47-48,54-64,69-71H,8-46,49-53,65-67H2,1-7H3. The van der Waals surface area contributed by atoms with Crippen molar-refractivity contribution in [2.24, 2.45) is 17.8 Å². The number of thiophene rings is 2. The molecular formula is C87H131N3O2S2. The highest BCUT2D eigenvalue weighted by Crippen LogP contribution is 2.41. The first-order valence-corrected chi connectivity index (χ1v) is 41.6. The molecule has 3 aromatic carbocycles. The number of para-hydroxylation sites is 1. The van der Waals surface area contributed by atoms with Gasteiger partial charge in [0.1, 0.15) is 0 Å². The molecule has 8 rings (SSSR count). The molecule has 3 atom stereocenters. The second kappa shape index (κ2) is 42.4. The summed E-state index contributed by atoms with van der Waals surface area (Å²) in [6, 6.07) is 29.8. The van der Waals surface area contributed by atoms with Crippen LogP contribution in [0.4, 0.5) is 11.4 Å². The van der Waals surface area contributed by atoms with Crippen LogP contribution in [0.5, 0.6) is 0 Å². The number of anilines is 2. The number of benzene rings is 3. The fourth-order valence-corrected chi connectivity index (χ4v) is 17.9. The second-order valence-electron chi connectivity index (χ2n) is 29.5. The van der Waals surface area contributed by atoms with Crippen LogP contribution in [-0.2, 0) is 16.1 Å². The van der Waals surface area contributed by atoms with E-state index >= 15 is 9.59 Å². The molecule has 3 aromatic heterocycles. The largest absolute Gasteiger partial charge is 0.340 e. The molecule has 94 heavy (non-hydrogen) atoms. The van der Waals surface area contributed by atoms with Gasteiger partial charge in [0, 0.05) is 71.4 Å². The molecule has 3 unspecified atom stereocenters. The maximum absolute atomic E-state index is 16.1. The lowest BCUT2D eigenvalue weighted by atomic mass is 9.93. The molecule has 2 aliphatic heterocycles. The van der Waals surface area contributed by atoms with Crippen LogP contribution in [0.15, 0.2) is 78.9 Å². The van der Waals surface area contributed by atoms with Crippen molar-refractivity contribution in [2.45, 2.75) is 338 Å². The summed E-state index contributed by atoms with van der Waals surface area (Å²) in [5.41, 5.74) is 7.52. The van der Waals surface area contributed by atoms with Crippen molar-refractivity contribution in [1.29, 1.82) is 0 Å². The molecule has 0 saturated carbocycles. The van der Waals surface area contributed by atoms with Crippen molar-refractivity contribution in [3.05, 3.63) is 104 Å². The lowest BCUT2D eigenvalue weighted by molar-refractivity contribution is -0.114. The molecule has 0 N–H and O–H groups in total. The van der Waals surface area contributed by atoms with Crippen LogP contribution in [0.25, 0.3) is 43.4 Å². The lowest BCUT2D eigenvalue weighted by Gasteiger charge is -2.27. The van der Waals surface area contributed by atoms with E-state index in [1.54, 1.807) is 22.7 Å². The van der Waals surface area contributed by atoms with Crippen LogP contribution in [0.2, 0.25) is 0 Å². The maximum Gasteiger partial charge on any atom is 0.260 e. The minimum absolute atomic E-state index is 0.143. The summed E-state index contributed by atoms with van der Waals surface area (Å²) in [6.45, 7) is 18.6. The van der Waals surface area contributed by atoms with Gasteiger partial charge in [-0.25, -0.2) is 0 Å². The van der Waals surface area contributed by atoms with Crippen molar-refractivity contribution in [3.8, 4) is 10.4 Å². The van der Waals surface area contributed by atoms with E-state index in [2.05, 4.69) is 142 Å². The van der Waals surface area contributed by atoms with Crippen molar-refractivity contribution in [2.75, 3.05) is 22.9 Å². The molecule has 0 fully saturated rings. The average molecular weight is 1320 g/mol. The van der Waals surface area contributed by atoms with Gasteiger partial charge in [0.05, 0.1) is 22.5 Å². The Balaban J connectivity index is 1.16. The predicted molar refractivity (Wildman–Crippen MR) is 415 cm³/mol. The molecule has 2 aliphatic rings. The highest BCUT2D eigenvalue weighted by atomic mass is 32.1. The molecule has 0 spiro atoms. The first-order chi connectivity index (χ1) is 46.2. The molecule has 5 heterocycles. The van der Waals surface area contributed by atoms with Crippen molar-refractivity contribution >= 4 is 78.8 Å². The Morgan fingerprint density at radius 3 is 1.13 bits per heavy atom. The number of nitrogens with zero attached hydrogens (tertiary/aromatic N) is 3. The van der Waals surface area contributed by atoms with Gasteiger partial charge in [-0.2, -0.15) is 0 Å². The number of rotatable bonds is 53. The van der Waals surface area contributed by atoms with Crippen LogP contribution in [0, 0.1) is 24.7 Å². The van der Waals surface area contributed by atoms with Crippen LogP contribution < -0.4 is 20.2 Å². The molecule has 7 heteroatoms. The Bertz CT molecular complexity index is 3280. The van der Waals surface area contributed by atoms with Crippen LogP contribution in [0.1, 0.15) is 339 Å². The average Bonchev–Trinajstić information content (AvgIpc) is 1.57. The SMILES string of the molecule is CCCCCCCCCCCCC(CCCCCCCCCC)CN1C(=O)C(c2ccc(C)s2)=c2cc3c(cc21)=C(c1ccc(-c2ccc4c5ccccc5n(CC(CC)CCCC)c4c2)s1)C(=O)N3CC(CCCCCCCCCC)CCCCCCCCCCCC. The zero-order valence-corrected chi connectivity index (χ0v) is 62.6. The van der Waals surface area contributed by atoms with Gasteiger partial charge in [-0.3, -0.25) is 9.59 Å². The van der Waals surface area contributed by atoms with E-state index in [4.69, 9.17) is 0 Å². The summed E-state index contributed by atoms with van der Waals surface area (Å²) in [6.07, 6.45) is 57.2. The van der Waals surface area contributed by atoms with E-state index in [0.29, 0.717) is 17.8 Å². The minimum Gasteiger partial charge on any atom is -0.340 e. The number of hydrogen-bond acceptors (Lipinski definition) is 4. The quantitative estimate of drug-likeness (QED) is 0.0357. The molecule has 518 valence electrons. The summed E-state index contributed by atoms with van der Waals surface area (Å²) >= 11 is 3.53. The number of carbonyl (C=O) groups excluding carboxylic acids is 2. The maximum atomic E-state index is 16.1. The molecular weight excluding hydrogens is 1180 g/mol. The number of aromatic nitrogens is 1. The van der Waals surface area contributed by atoms with E-state index in [1.165, 1.54) is 294 Å². The number of aryl methyl sites for hydroxylation is 1. The van der Waals surface area contributed by atoms with E-state index in [9.17, 15) is 0 Å². The second-order valence-corrected chi connectivity index (χ2v) is 31.9. The molecule has 6 aromatic rings. The molecule has 0 radical (unpaired) electrons. The smallest absolute Gasteiger partial charge is 0.260 e. The van der Waals surface area contributed by atoms with Gasteiger partial charge in [-0.15, -0.1) is 22.7 Å². The highest BCUT2D eigenvalue weighted by molar-refractivity contribution is 7.17. The Kier molecular flexibility index (Phi) is 34.0. The molecule has 5 nitrogen and oxygen atoms in total. The van der Waals surface area contributed by atoms with Crippen molar-refractivity contribution in [3.63, 3.8) is 0 Å². The minimum atomic E-state index is 0.143. The first kappa shape index (κ1) is 75.3. The molecule has 0 saturated heterocycles.